The largest absolute Gasteiger partial charge is 0.422 e. The molecule has 0 aliphatic carbocycles. The van der Waals surface area contributed by atoms with Gasteiger partial charge in [0.1, 0.15) is 0 Å². The van der Waals surface area contributed by atoms with Crippen molar-refractivity contribution in [3.05, 3.63) is 24.4 Å². The molecule has 5 nitrogen and oxygen atoms in total. The quantitative estimate of drug-likeness (QED) is 0.669. The van der Waals surface area contributed by atoms with E-state index in [0.29, 0.717) is 0 Å². The Bertz CT molecular complexity index is 682. The molecular weight excluding hydrogens is 294 g/mol. The average molecular weight is 317 g/mol. The maximum atomic E-state index is 12.2. The van der Waals surface area contributed by atoms with Crippen LogP contribution >= 0.6 is 0 Å². The minimum Gasteiger partial charge on any atom is -0.422 e. The van der Waals surface area contributed by atoms with Crippen molar-refractivity contribution in [1.82, 2.24) is 4.98 Å². The summed E-state index contributed by atoms with van der Waals surface area (Å²) >= 11 is 0. The number of hydrogen-bond acceptors (Lipinski definition) is 4. The highest BCUT2D eigenvalue weighted by molar-refractivity contribution is 5.87. The minimum absolute atomic E-state index is 0.234. The van der Waals surface area contributed by atoms with Gasteiger partial charge in [0.05, 0.1) is 10.8 Å². The van der Waals surface area contributed by atoms with E-state index >= 15 is 0 Å². The van der Waals surface area contributed by atoms with Crippen LogP contribution in [0, 0.1) is 10.8 Å². The minimum atomic E-state index is -0.657. The highest BCUT2D eigenvalue weighted by atomic mass is 16.6. The van der Waals surface area contributed by atoms with E-state index in [1.54, 1.807) is 59.9 Å². The van der Waals surface area contributed by atoms with Gasteiger partial charge < -0.3 is 14.5 Å². The van der Waals surface area contributed by atoms with Crippen LogP contribution in [0.3, 0.4) is 0 Å². The molecule has 0 unspecified atom stereocenters. The lowest BCUT2D eigenvalue weighted by Crippen LogP contribution is -2.27. The molecule has 0 spiro atoms. The van der Waals surface area contributed by atoms with Crippen LogP contribution < -0.4 is 9.47 Å². The van der Waals surface area contributed by atoms with Gasteiger partial charge in [-0.15, -0.1) is 0 Å². The molecule has 0 aliphatic rings. The number of H-pyrrole nitrogens is 1. The lowest BCUT2D eigenvalue weighted by molar-refractivity contribution is -0.145. The SMILES string of the molecule is CC(C)(C)C(=O)Oc1cc2cc[nH]c2cc1OC(=O)C(C)(C)C. The van der Waals surface area contributed by atoms with Crippen LogP contribution in [-0.2, 0) is 9.59 Å². The number of aromatic nitrogens is 1. The van der Waals surface area contributed by atoms with Gasteiger partial charge in [-0.1, -0.05) is 0 Å². The van der Waals surface area contributed by atoms with Gasteiger partial charge in [-0.2, -0.15) is 0 Å². The molecular formula is C18H23NO4. The summed E-state index contributed by atoms with van der Waals surface area (Å²) in [6, 6.07) is 5.23. The van der Waals surface area contributed by atoms with Gasteiger partial charge in [-0.3, -0.25) is 9.59 Å². The average Bonchev–Trinajstić information content (AvgIpc) is 2.83. The third-order valence-electron chi connectivity index (χ3n) is 3.25. The maximum absolute atomic E-state index is 12.2. The Morgan fingerprint density at radius 2 is 1.35 bits per heavy atom. The van der Waals surface area contributed by atoms with Crippen LogP contribution in [0.1, 0.15) is 41.5 Å². The molecule has 0 aliphatic heterocycles. The predicted octanol–water partition coefficient (Wildman–Crippen LogP) is 4.07. The molecule has 0 saturated heterocycles. The van der Waals surface area contributed by atoms with Gasteiger partial charge >= 0.3 is 11.9 Å². The summed E-state index contributed by atoms with van der Waals surface area (Å²) in [6.45, 7) is 10.6. The highest BCUT2D eigenvalue weighted by Crippen LogP contribution is 2.35. The Balaban J connectivity index is 2.42. The molecule has 0 atom stereocenters. The fourth-order valence-corrected chi connectivity index (χ4v) is 1.73. The Hall–Kier alpha value is -2.30. The number of aromatic amines is 1. The third-order valence-corrected chi connectivity index (χ3v) is 3.25. The Labute approximate surface area is 136 Å². The summed E-state index contributed by atoms with van der Waals surface area (Å²) in [7, 11) is 0. The van der Waals surface area contributed by atoms with E-state index in [0.717, 1.165) is 10.9 Å². The van der Waals surface area contributed by atoms with Crippen molar-refractivity contribution in [2.75, 3.05) is 0 Å². The maximum Gasteiger partial charge on any atom is 0.316 e. The Morgan fingerprint density at radius 3 is 1.83 bits per heavy atom. The normalized spacial score (nSPS) is 12.3. The molecule has 5 heteroatoms. The van der Waals surface area contributed by atoms with Crippen LogP contribution in [0.2, 0.25) is 0 Å². The molecule has 2 rings (SSSR count). The molecule has 0 fully saturated rings. The van der Waals surface area contributed by atoms with Crippen LogP contribution in [-0.4, -0.2) is 16.9 Å². The summed E-state index contributed by atoms with van der Waals surface area (Å²) < 4.78 is 10.9. The molecule has 23 heavy (non-hydrogen) atoms. The fourth-order valence-electron chi connectivity index (χ4n) is 1.73. The van der Waals surface area contributed by atoms with Crippen LogP contribution in [0.15, 0.2) is 24.4 Å². The van der Waals surface area contributed by atoms with E-state index in [2.05, 4.69) is 4.98 Å². The summed E-state index contributed by atoms with van der Waals surface area (Å²) in [5.74, 6) is -0.302. The van der Waals surface area contributed by atoms with Crippen molar-refractivity contribution >= 4 is 22.8 Å². The second-order valence-electron chi connectivity index (χ2n) is 7.64. The van der Waals surface area contributed by atoms with Crippen molar-refractivity contribution < 1.29 is 19.1 Å². The first-order valence-electron chi connectivity index (χ1n) is 7.54. The van der Waals surface area contributed by atoms with Crippen LogP contribution in [0.25, 0.3) is 10.9 Å². The number of rotatable bonds is 2. The summed E-state index contributed by atoms with van der Waals surface area (Å²) in [4.78, 5) is 27.4. The van der Waals surface area contributed by atoms with Crippen molar-refractivity contribution in [1.29, 1.82) is 0 Å². The second-order valence-corrected chi connectivity index (χ2v) is 7.64. The molecule has 0 radical (unpaired) electrons. The van der Waals surface area contributed by atoms with Gasteiger partial charge in [-0.05, 0) is 53.7 Å². The topological polar surface area (TPSA) is 68.4 Å². The zero-order valence-corrected chi connectivity index (χ0v) is 14.4. The van der Waals surface area contributed by atoms with E-state index in [1.165, 1.54) is 0 Å². The van der Waals surface area contributed by atoms with Gasteiger partial charge in [-0.25, -0.2) is 0 Å². The molecule has 1 N–H and O–H groups in total. The second kappa shape index (κ2) is 5.72. The van der Waals surface area contributed by atoms with Gasteiger partial charge in [0.25, 0.3) is 0 Å². The number of benzene rings is 1. The van der Waals surface area contributed by atoms with Crippen LogP contribution in [0.4, 0.5) is 0 Å². The monoisotopic (exact) mass is 317 g/mol. The van der Waals surface area contributed by atoms with Crippen molar-refractivity contribution in [3.8, 4) is 11.5 Å². The molecule has 0 amide bonds. The zero-order chi connectivity index (χ0) is 17.4. The van der Waals surface area contributed by atoms with Crippen molar-refractivity contribution in [2.24, 2.45) is 10.8 Å². The first-order chi connectivity index (χ1) is 10.5. The van der Waals surface area contributed by atoms with E-state index in [4.69, 9.17) is 9.47 Å². The van der Waals surface area contributed by atoms with Crippen molar-refractivity contribution in [2.45, 2.75) is 41.5 Å². The van der Waals surface area contributed by atoms with Gasteiger partial charge in [0, 0.05) is 23.2 Å². The molecule has 1 aromatic heterocycles. The van der Waals surface area contributed by atoms with E-state index in [-0.39, 0.29) is 17.5 Å². The lowest BCUT2D eigenvalue weighted by Gasteiger charge is -2.20. The first kappa shape index (κ1) is 17.1. The molecule has 1 heterocycles. The predicted molar refractivity (Wildman–Crippen MR) is 88.5 cm³/mol. The number of fused-ring (bicyclic) bond motifs is 1. The van der Waals surface area contributed by atoms with Crippen LogP contribution in [0.5, 0.6) is 11.5 Å². The molecule has 124 valence electrons. The summed E-state index contributed by atoms with van der Waals surface area (Å²) in [5, 5.41) is 0.872. The number of nitrogens with one attached hydrogen (secondary N) is 1. The summed E-state index contributed by atoms with van der Waals surface area (Å²) in [5.41, 5.74) is -0.508. The van der Waals surface area contributed by atoms with Gasteiger partial charge in [0.2, 0.25) is 0 Å². The van der Waals surface area contributed by atoms with Crippen molar-refractivity contribution in [3.63, 3.8) is 0 Å². The molecule has 2 aromatic rings. The standard InChI is InChI=1S/C18H23NO4/c1-17(2,3)15(20)22-13-9-11-7-8-19-12(11)10-14(13)23-16(21)18(4,5)6/h7-10,19H,1-6H3. The molecule has 0 saturated carbocycles. The smallest absolute Gasteiger partial charge is 0.316 e. The number of ether oxygens (including phenoxy) is 2. The summed E-state index contributed by atoms with van der Waals surface area (Å²) in [6.07, 6.45) is 1.77. The number of esters is 2. The first-order valence-corrected chi connectivity index (χ1v) is 7.54. The molecule has 1 aromatic carbocycles. The number of carbonyl (C=O) groups is 2. The lowest BCUT2D eigenvalue weighted by atomic mass is 9.97. The third kappa shape index (κ3) is 3.92. The Kier molecular flexibility index (Phi) is 4.24. The number of carbonyl (C=O) groups excluding carboxylic acids is 2. The zero-order valence-electron chi connectivity index (χ0n) is 14.4. The van der Waals surface area contributed by atoms with Gasteiger partial charge in [0.15, 0.2) is 11.5 Å². The number of hydrogen-bond donors (Lipinski definition) is 1. The fraction of sp³-hybridized carbons (Fsp3) is 0.444. The van der Waals surface area contributed by atoms with E-state index in [9.17, 15) is 9.59 Å². The molecule has 0 bridgehead atoms. The highest BCUT2D eigenvalue weighted by Gasteiger charge is 2.28. The Morgan fingerprint density at radius 1 is 0.870 bits per heavy atom. The van der Waals surface area contributed by atoms with E-state index < -0.39 is 16.8 Å². The van der Waals surface area contributed by atoms with E-state index in [1.807, 2.05) is 6.07 Å².